The molecule has 0 spiro atoms. The van der Waals surface area contributed by atoms with Crippen molar-refractivity contribution >= 4 is 11.8 Å². The minimum Gasteiger partial charge on any atom is -0.338 e. The van der Waals surface area contributed by atoms with Gasteiger partial charge in [0.25, 0.3) is 0 Å². The van der Waals surface area contributed by atoms with Gasteiger partial charge in [-0.1, -0.05) is 5.16 Å². The summed E-state index contributed by atoms with van der Waals surface area (Å²) in [6.45, 7) is 3.20. The molecule has 1 aromatic rings. The third-order valence-corrected chi connectivity index (χ3v) is 2.16. The fourth-order valence-electron chi connectivity index (χ4n) is 0.947. The van der Waals surface area contributed by atoms with E-state index in [-0.39, 0.29) is 11.6 Å². The number of hydrogen-bond acceptors (Lipinski definition) is 3. The highest BCUT2D eigenvalue weighted by Gasteiger charge is 2.50. The number of aromatic nitrogens is 1. The number of carbonyl (C=O) groups is 1. The van der Waals surface area contributed by atoms with Gasteiger partial charge in [-0.05, 0) is 13.8 Å². The van der Waals surface area contributed by atoms with Crippen LogP contribution in [0.1, 0.15) is 26.5 Å². The van der Waals surface area contributed by atoms with Gasteiger partial charge in [0.05, 0.1) is 0 Å². The highest BCUT2D eigenvalue weighted by Crippen LogP contribution is 2.40. The molecule has 1 rings (SSSR count). The SMILES string of the molecule is CC(=O)Nc1cc(C(C)(C)C(F)(F)F)no1. The molecule has 1 heterocycles. The van der Waals surface area contributed by atoms with Crippen molar-refractivity contribution < 1.29 is 22.5 Å². The van der Waals surface area contributed by atoms with Gasteiger partial charge in [-0.15, -0.1) is 0 Å². The number of hydrogen-bond donors (Lipinski definition) is 1. The lowest BCUT2D eigenvalue weighted by Gasteiger charge is -2.24. The Labute approximate surface area is 89.8 Å². The van der Waals surface area contributed by atoms with Crippen molar-refractivity contribution in [3.05, 3.63) is 11.8 Å². The standard InChI is InChI=1S/C9H11F3N2O2/c1-5(15)13-7-4-6(14-16-7)8(2,3)9(10,11)12/h4H,1-3H3,(H,13,15). The van der Waals surface area contributed by atoms with E-state index in [1.54, 1.807) is 0 Å². The molecule has 0 unspecified atom stereocenters. The Kier molecular flexibility index (Phi) is 2.98. The van der Waals surface area contributed by atoms with E-state index in [9.17, 15) is 18.0 Å². The van der Waals surface area contributed by atoms with Crippen LogP contribution in [0, 0.1) is 0 Å². The highest BCUT2D eigenvalue weighted by molar-refractivity contribution is 5.87. The molecule has 7 heteroatoms. The molecule has 4 nitrogen and oxygen atoms in total. The number of carbonyl (C=O) groups excluding carboxylic acids is 1. The number of alkyl halides is 3. The molecule has 1 N–H and O–H groups in total. The van der Waals surface area contributed by atoms with Gasteiger partial charge < -0.3 is 4.52 Å². The van der Waals surface area contributed by atoms with Gasteiger partial charge >= 0.3 is 6.18 Å². The summed E-state index contributed by atoms with van der Waals surface area (Å²) in [7, 11) is 0. The molecule has 0 aliphatic rings. The number of rotatable bonds is 2. The van der Waals surface area contributed by atoms with E-state index in [1.807, 2.05) is 0 Å². The van der Waals surface area contributed by atoms with Crippen molar-refractivity contribution in [1.82, 2.24) is 5.16 Å². The quantitative estimate of drug-likeness (QED) is 0.858. The molecule has 0 aliphatic heterocycles. The lowest BCUT2D eigenvalue weighted by atomic mass is 9.89. The summed E-state index contributed by atoms with van der Waals surface area (Å²) in [6.07, 6.45) is -4.43. The molecule has 0 bridgehead atoms. The summed E-state index contributed by atoms with van der Waals surface area (Å²) < 4.78 is 42.4. The molecule has 0 saturated carbocycles. The number of anilines is 1. The lowest BCUT2D eigenvalue weighted by molar-refractivity contribution is -0.181. The predicted molar refractivity (Wildman–Crippen MR) is 49.9 cm³/mol. The van der Waals surface area contributed by atoms with Crippen LogP contribution in [-0.4, -0.2) is 17.2 Å². The first-order valence-electron chi connectivity index (χ1n) is 4.46. The fraction of sp³-hybridized carbons (Fsp3) is 0.556. The van der Waals surface area contributed by atoms with Crippen molar-refractivity contribution in [2.45, 2.75) is 32.4 Å². The zero-order valence-electron chi connectivity index (χ0n) is 8.97. The van der Waals surface area contributed by atoms with Gasteiger partial charge in [0.2, 0.25) is 11.8 Å². The van der Waals surface area contributed by atoms with E-state index in [2.05, 4.69) is 15.0 Å². The third kappa shape index (κ3) is 2.34. The maximum Gasteiger partial charge on any atom is 0.399 e. The van der Waals surface area contributed by atoms with E-state index in [4.69, 9.17) is 0 Å². The van der Waals surface area contributed by atoms with Crippen LogP contribution in [0.15, 0.2) is 10.6 Å². The maximum atomic E-state index is 12.6. The van der Waals surface area contributed by atoms with Gasteiger partial charge in [-0.25, -0.2) is 0 Å². The second-order valence-corrected chi connectivity index (χ2v) is 3.88. The Hall–Kier alpha value is -1.53. The summed E-state index contributed by atoms with van der Waals surface area (Å²) in [5.74, 6) is -0.535. The van der Waals surface area contributed by atoms with Crippen LogP contribution in [0.25, 0.3) is 0 Å². The number of nitrogens with one attached hydrogen (secondary N) is 1. The van der Waals surface area contributed by atoms with Crippen LogP contribution in [0.2, 0.25) is 0 Å². The zero-order chi connectivity index (χ0) is 12.6. The van der Waals surface area contributed by atoms with E-state index in [1.165, 1.54) is 6.92 Å². The Bertz CT molecular complexity index is 396. The average molecular weight is 236 g/mol. The first-order valence-corrected chi connectivity index (χ1v) is 4.46. The van der Waals surface area contributed by atoms with E-state index in [0.717, 1.165) is 19.9 Å². The number of halogens is 3. The second kappa shape index (κ2) is 3.80. The van der Waals surface area contributed by atoms with Crippen LogP contribution in [0.5, 0.6) is 0 Å². The number of amides is 1. The van der Waals surface area contributed by atoms with Crippen LogP contribution >= 0.6 is 0 Å². The van der Waals surface area contributed by atoms with Gasteiger partial charge in [0, 0.05) is 13.0 Å². The van der Waals surface area contributed by atoms with Gasteiger partial charge in [-0.3, -0.25) is 10.1 Å². The second-order valence-electron chi connectivity index (χ2n) is 3.88. The molecular formula is C9H11F3N2O2. The molecule has 16 heavy (non-hydrogen) atoms. The minimum absolute atomic E-state index is 0.0974. The van der Waals surface area contributed by atoms with Crippen LogP contribution < -0.4 is 5.32 Å². The summed E-state index contributed by atoms with van der Waals surface area (Å²) in [6, 6.07) is 1.06. The maximum absolute atomic E-state index is 12.6. The summed E-state index contributed by atoms with van der Waals surface area (Å²) >= 11 is 0. The first kappa shape index (κ1) is 12.5. The molecule has 0 aliphatic carbocycles. The number of nitrogens with zero attached hydrogens (tertiary/aromatic N) is 1. The Morgan fingerprint density at radius 3 is 2.44 bits per heavy atom. The topological polar surface area (TPSA) is 55.1 Å². The van der Waals surface area contributed by atoms with Crippen LogP contribution in [-0.2, 0) is 10.2 Å². The summed E-state index contributed by atoms with van der Waals surface area (Å²) in [5.41, 5.74) is -2.39. The van der Waals surface area contributed by atoms with Crippen LogP contribution in [0.4, 0.5) is 19.1 Å². The first-order chi connectivity index (χ1) is 7.14. The third-order valence-electron chi connectivity index (χ3n) is 2.16. The average Bonchev–Trinajstić information content (AvgIpc) is 2.49. The fourth-order valence-corrected chi connectivity index (χ4v) is 0.947. The molecule has 1 aromatic heterocycles. The predicted octanol–water partition coefficient (Wildman–Crippen LogP) is 2.47. The van der Waals surface area contributed by atoms with Gasteiger partial charge in [0.1, 0.15) is 11.1 Å². The Morgan fingerprint density at radius 1 is 1.44 bits per heavy atom. The van der Waals surface area contributed by atoms with Crippen molar-refractivity contribution in [3.63, 3.8) is 0 Å². The zero-order valence-corrected chi connectivity index (χ0v) is 8.97. The summed E-state index contributed by atoms with van der Waals surface area (Å²) in [5, 5.41) is 5.51. The monoisotopic (exact) mass is 236 g/mol. The van der Waals surface area contributed by atoms with Crippen molar-refractivity contribution in [1.29, 1.82) is 0 Å². The molecule has 0 saturated heterocycles. The van der Waals surface area contributed by atoms with E-state index in [0.29, 0.717) is 0 Å². The molecular weight excluding hydrogens is 225 g/mol. The molecule has 0 aromatic carbocycles. The molecule has 90 valence electrons. The Morgan fingerprint density at radius 2 is 2.00 bits per heavy atom. The normalized spacial score (nSPS) is 12.6. The van der Waals surface area contributed by atoms with Crippen molar-refractivity contribution in [3.8, 4) is 0 Å². The highest BCUT2D eigenvalue weighted by atomic mass is 19.4. The van der Waals surface area contributed by atoms with Crippen molar-refractivity contribution in [2.75, 3.05) is 5.32 Å². The van der Waals surface area contributed by atoms with E-state index < -0.39 is 17.5 Å². The molecule has 1 amide bonds. The minimum atomic E-state index is -4.43. The van der Waals surface area contributed by atoms with Gasteiger partial charge in [-0.2, -0.15) is 13.2 Å². The van der Waals surface area contributed by atoms with E-state index >= 15 is 0 Å². The smallest absolute Gasteiger partial charge is 0.338 e. The largest absolute Gasteiger partial charge is 0.399 e. The van der Waals surface area contributed by atoms with Crippen molar-refractivity contribution in [2.24, 2.45) is 0 Å². The Balaban J connectivity index is 2.98. The molecule has 0 fully saturated rings. The van der Waals surface area contributed by atoms with Crippen LogP contribution in [0.3, 0.4) is 0 Å². The van der Waals surface area contributed by atoms with Gasteiger partial charge in [0.15, 0.2) is 0 Å². The summed E-state index contributed by atoms with van der Waals surface area (Å²) in [4.78, 5) is 10.6. The molecule has 0 atom stereocenters. The molecule has 0 radical (unpaired) electrons. The lowest BCUT2D eigenvalue weighted by Crippen LogP contribution is -2.36.